The number of methoxy groups -OCH3 is 1. The van der Waals surface area contributed by atoms with Crippen molar-refractivity contribution in [3.63, 3.8) is 0 Å². The van der Waals surface area contributed by atoms with Gasteiger partial charge in [0.25, 0.3) is 0 Å². The summed E-state index contributed by atoms with van der Waals surface area (Å²) in [6.45, 7) is 0.569. The average molecular weight is 285 g/mol. The van der Waals surface area contributed by atoms with Crippen LogP contribution < -0.4 is 9.64 Å². The molecule has 0 saturated carbocycles. The fourth-order valence-corrected chi connectivity index (χ4v) is 2.38. The summed E-state index contributed by atoms with van der Waals surface area (Å²) in [7, 11) is 1.37. The van der Waals surface area contributed by atoms with Crippen LogP contribution in [-0.4, -0.2) is 30.4 Å². The second-order valence-electron chi connectivity index (χ2n) is 4.19. The number of hydrogen-bond acceptors (Lipinski definition) is 4. The number of fused-ring (bicyclic) bond motifs is 1. The maximum absolute atomic E-state index is 11.8. The fraction of sp³-hybridized carbons (Fsp3) is 0.417. The number of benzene rings is 1. The lowest BCUT2D eigenvalue weighted by Crippen LogP contribution is -2.36. The second kappa shape index (κ2) is 5.44. The number of aryl methyl sites for hydroxylation is 1. The van der Waals surface area contributed by atoms with Gasteiger partial charge < -0.3 is 9.64 Å². The van der Waals surface area contributed by atoms with Gasteiger partial charge in [-0.05, 0) is 18.4 Å². The summed E-state index contributed by atoms with van der Waals surface area (Å²) >= 11 is 5.58. The highest BCUT2D eigenvalue weighted by molar-refractivity contribution is 6.29. The van der Waals surface area contributed by atoms with Crippen LogP contribution in [0.2, 0.25) is 0 Å². The van der Waals surface area contributed by atoms with Crippen LogP contribution in [0.15, 0.2) is 12.1 Å². The second-order valence-corrected chi connectivity index (χ2v) is 4.46. The minimum atomic E-state index is -0.485. The lowest BCUT2D eigenvalue weighted by atomic mass is 10.0. The third kappa shape index (κ3) is 2.49. The number of rotatable bonds is 3. The number of amides is 1. The van der Waals surface area contributed by atoms with Crippen molar-refractivity contribution in [3.8, 4) is 5.75 Å². The minimum absolute atomic E-state index is 0.0820. The molecular formula is C12H13ClN2O4. The van der Waals surface area contributed by atoms with Gasteiger partial charge in [-0.1, -0.05) is 0 Å². The molecule has 0 aliphatic carbocycles. The predicted octanol–water partition coefficient (Wildman–Crippen LogP) is 2.12. The Bertz CT molecular complexity index is 533. The quantitative estimate of drug-likeness (QED) is 0.484. The van der Waals surface area contributed by atoms with E-state index in [4.69, 9.17) is 16.3 Å². The van der Waals surface area contributed by atoms with E-state index in [-0.39, 0.29) is 23.2 Å². The molecule has 0 bridgehead atoms. The Morgan fingerprint density at radius 2 is 2.32 bits per heavy atom. The molecule has 1 aliphatic rings. The van der Waals surface area contributed by atoms with E-state index in [0.29, 0.717) is 18.7 Å². The van der Waals surface area contributed by atoms with Crippen molar-refractivity contribution in [1.29, 1.82) is 0 Å². The van der Waals surface area contributed by atoms with Crippen LogP contribution in [0, 0.1) is 10.1 Å². The van der Waals surface area contributed by atoms with Crippen molar-refractivity contribution in [2.75, 3.05) is 24.4 Å². The zero-order valence-electron chi connectivity index (χ0n) is 10.4. The summed E-state index contributed by atoms with van der Waals surface area (Å²) in [6.07, 6.45) is 1.46. The molecule has 2 rings (SSSR count). The van der Waals surface area contributed by atoms with Crippen LogP contribution in [-0.2, 0) is 11.2 Å². The molecule has 0 unspecified atom stereocenters. The fourth-order valence-electron chi connectivity index (χ4n) is 2.24. The molecule has 7 heteroatoms. The summed E-state index contributed by atoms with van der Waals surface area (Å²) in [5.41, 5.74) is 1.35. The third-order valence-corrected chi connectivity index (χ3v) is 3.34. The molecule has 6 nitrogen and oxygen atoms in total. The van der Waals surface area contributed by atoms with Crippen LogP contribution >= 0.6 is 11.6 Å². The van der Waals surface area contributed by atoms with E-state index in [0.717, 1.165) is 12.0 Å². The van der Waals surface area contributed by atoms with Crippen molar-refractivity contribution >= 4 is 28.9 Å². The third-order valence-electron chi connectivity index (χ3n) is 3.11. The van der Waals surface area contributed by atoms with Gasteiger partial charge in [-0.15, -0.1) is 11.6 Å². The Balaban J connectivity index is 2.52. The average Bonchev–Trinajstić information content (AvgIpc) is 2.44. The van der Waals surface area contributed by atoms with E-state index in [2.05, 4.69) is 0 Å². The van der Waals surface area contributed by atoms with E-state index in [9.17, 15) is 14.9 Å². The number of anilines is 1. The molecule has 1 aliphatic heterocycles. The van der Waals surface area contributed by atoms with Gasteiger partial charge in [-0.2, -0.15) is 0 Å². The first-order valence-corrected chi connectivity index (χ1v) is 6.33. The van der Waals surface area contributed by atoms with E-state index in [1.165, 1.54) is 19.2 Å². The number of hydrogen-bond donors (Lipinski definition) is 0. The molecule has 0 N–H and O–H groups in total. The first kappa shape index (κ1) is 13.6. The van der Waals surface area contributed by atoms with Crippen molar-refractivity contribution < 1.29 is 14.5 Å². The zero-order chi connectivity index (χ0) is 14.0. The van der Waals surface area contributed by atoms with Crippen molar-refractivity contribution in [3.05, 3.63) is 27.8 Å². The van der Waals surface area contributed by atoms with Gasteiger partial charge in [0.1, 0.15) is 5.88 Å². The van der Waals surface area contributed by atoms with Crippen LogP contribution in [0.5, 0.6) is 5.75 Å². The number of nitro benzene ring substituents is 1. The van der Waals surface area contributed by atoms with E-state index >= 15 is 0 Å². The number of nitrogens with zero attached hydrogens (tertiary/aromatic N) is 2. The van der Waals surface area contributed by atoms with Gasteiger partial charge in [0.15, 0.2) is 5.75 Å². The van der Waals surface area contributed by atoms with E-state index < -0.39 is 4.92 Å². The monoisotopic (exact) mass is 284 g/mol. The van der Waals surface area contributed by atoms with Crippen LogP contribution in [0.4, 0.5) is 11.4 Å². The maximum atomic E-state index is 11.8. The van der Waals surface area contributed by atoms with Gasteiger partial charge >= 0.3 is 5.69 Å². The van der Waals surface area contributed by atoms with Gasteiger partial charge in [0, 0.05) is 18.7 Å². The summed E-state index contributed by atoms with van der Waals surface area (Å²) in [5, 5.41) is 11.0. The molecular weight excluding hydrogens is 272 g/mol. The van der Waals surface area contributed by atoms with Gasteiger partial charge in [-0.3, -0.25) is 14.9 Å². The first-order chi connectivity index (χ1) is 9.08. The summed E-state index contributed by atoms with van der Waals surface area (Å²) in [4.78, 5) is 23.8. The molecule has 0 fully saturated rings. The molecule has 1 amide bonds. The highest BCUT2D eigenvalue weighted by Gasteiger charge is 2.27. The summed E-state index contributed by atoms with van der Waals surface area (Å²) in [6, 6.07) is 3.01. The molecule has 0 atom stereocenters. The molecule has 1 aromatic carbocycles. The largest absolute Gasteiger partial charge is 0.490 e. The normalized spacial score (nSPS) is 13.9. The number of ether oxygens (including phenoxy) is 1. The number of nitro groups is 1. The Morgan fingerprint density at radius 3 is 2.89 bits per heavy atom. The highest BCUT2D eigenvalue weighted by Crippen LogP contribution is 2.37. The Hall–Kier alpha value is -1.82. The van der Waals surface area contributed by atoms with Gasteiger partial charge in [0.2, 0.25) is 5.91 Å². The smallest absolute Gasteiger partial charge is 0.311 e. The SMILES string of the molecule is COc1cc2c(cc1[N+](=O)[O-])CCCN2C(=O)CCl. The summed E-state index contributed by atoms with van der Waals surface area (Å²) < 4.78 is 5.02. The standard InChI is InChI=1S/C12H13ClN2O4/c1-19-11-6-9-8(5-10(11)15(17)18)3-2-4-14(9)12(16)7-13/h5-6H,2-4,7H2,1H3. The Kier molecular flexibility index (Phi) is 3.90. The molecule has 0 radical (unpaired) electrons. The Labute approximate surface area is 115 Å². The number of halogens is 1. The molecule has 0 spiro atoms. The lowest BCUT2D eigenvalue weighted by molar-refractivity contribution is -0.385. The molecule has 102 valence electrons. The number of carbonyl (C=O) groups is 1. The first-order valence-electron chi connectivity index (χ1n) is 5.80. The predicted molar refractivity (Wildman–Crippen MR) is 71.0 cm³/mol. The molecule has 1 heterocycles. The molecule has 1 aromatic rings. The zero-order valence-corrected chi connectivity index (χ0v) is 11.1. The topological polar surface area (TPSA) is 72.7 Å². The van der Waals surface area contributed by atoms with Crippen molar-refractivity contribution in [2.24, 2.45) is 0 Å². The maximum Gasteiger partial charge on any atom is 0.311 e. The lowest BCUT2D eigenvalue weighted by Gasteiger charge is -2.29. The Morgan fingerprint density at radius 1 is 1.58 bits per heavy atom. The number of alkyl halides is 1. The van der Waals surface area contributed by atoms with Crippen molar-refractivity contribution in [1.82, 2.24) is 0 Å². The molecule has 0 saturated heterocycles. The molecule has 0 aromatic heterocycles. The minimum Gasteiger partial charge on any atom is -0.490 e. The molecule has 19 heavy (non-hydrogen) atoms. The highest BCUT2D eigenvalue weighted by atomic mass is 35.5. The number of carbonyl (C=O) groups excluding carboxylic acids is 1. The van der Waals surface area contributed by atoms with Gasteiger partial charge in [-0.25, -0.2) is 0 Å². The van der Waals surface area contributed by atoms with Crippen molar-refractivity contribution in [2.45, 2.75) is 12.8 Å². The van der Waals surface area contributed by atoms with Crippen LogP contribution in [0.25, 0.3) is 0 Å². The van der Waals surface area contributed by atoms with Crippen LogP contribution in [0.1, 0.15) is 12.0 Å². The van der Waals surface area contributed by atoms with E-state index in [1.807, 2.05) is 0 Å². The van der Waals surface area contributed by atoms with Crippen LogP contribution in [0.3, 0.4) is 0 Å². The van der Waals surface area contributed by atoms with Gasteiger partial charge in [0.05, 0.1) is 17.7 Å². The summed E-state index contributed by atoms with van der Waals surface area (Å²) in [5.74, 6) is -0.171. The van der Waals surface area contributed by atoms with E-state index in [1.54, 1.807) is 4.90 Å².